The highest BCUT2D eigenvalue weighted by Gasteiger charge is 2.27. The van der Waals surface area contributed by atoms with Crippen molar-refractivity contribution in [2.75, 3.05) is 12.8 Å². The van der Waals surface area contributed by atoms with Crippen LogP contribution in [0.4, 0.5) is 0 Å². The molecule has 2 unspecified atom stereocenters. The number of nitrogens with one attached hydrogen (secondary N) is 1. The molecule has 3 nitrogen and oxygen atoms in total. The Balaban J connectivity index is 2.57. The molecule has 1 saturated carbocycles. The second kappa shape index (κ2) is 5.12. The zero-order valence-corrected chi connectivity index (χ0v) is 9.94. The van der Waals surface area contributed by atoms with Crippen LogP contribution in [0.3, 0.4) is 0 Å². The molecule has 1 aliphatic rings. The maximum atomic E-state index is 11.4. The fourth-order valence-corrected chi connectivity index (χ4v) is 3.58. The van der Waals surface area contributed by atoms with Crippen molar-refractivity contribution in [2.24, 2.45) is 11.8 Å². The van der Waals surface area contributed by atoms with E-state index in [1.165, 1.54) is 26.3 Å². The topological polar surface area (TPSA) is 46.2 Å². The molecule has 0 aromatic carbocycles. The van der Waals surface area contributed by atoms with Gasteiger partial charge in [-0.15, -0.1) is 0 Å². The molecule has 0 radical (unpaired) electrons. The van der Waals surface area contributed by atoms with E-state index in [0.717, 1.165) is 12.8 Å². The molecule has 0 bridgehead atoms. The van der Waals surface area contributed by atoms with Crippen LogP contribution in [-0.2, 0) is 10.0 Å². The summed E-state index contributed by atoms with van der Waals surface area (Å²) < 4.78 is 25.2. The van der Waals surface area contributed by atoms with Gasteiger partial charge in [0.05, 0.1) is 5.75 Å². The van der Waals surface area contributed by atoms with Crippen molar-refractivity contribution in [1.29, 1.82) is 0 Å². The summed E-state index contributed by atoms with van der Waals surface area (Å²) in [4.78, 5) is 0. The molecule has 14 heavy (non-hydrogen) atoms. The molecule has 4 heteroatoms. The molecule has 1 N–H and O–H groups in total. The molecule has 0 aromatic rings. The van der Waals surface area contributed by atoms with Crippen molar-refractivity contribution >= 4 is 10.0 Å². The van der Waals surface area contributed by atoms with Gasteiger partial charge < -0.3 is 0 Å². The Morgan fingerprint density at radius 1 is 1.21 bits per heavy atom. The van der Waals surface area contributed by atoms with Gasteiger partial charge in [-0.3, -0.25) is 0 Å². The molecule has 1 aliphatic carbocycles. The van der Waals surface area contributed by atoms with E-state index in [2.05, 4.69) is 11.6 Å². The lowest BCUT2D eigenvalue weighted by Crippen LogP contribution is -2.32. The maximum absolute atomic E-state index is 11.4. The van der Waals surface area contributed by atoms with Crippen molar-refractivity contribution in [2.45, 2.75) is 39.0 Å². The third-order valence-electron chi connectivity index (χ3n) is 3.34. The molecule has 1 fully saturated rings. The van der Waals surface area contributed by atoms with Crippen LogP contribution in [-0.4, -0.2) is 21.2 Å². The van der Waals surface area contributed by atoms with Gasteiger partial charge in [0, 0.05) is 0 Å². The predicted octanol–water partition coefficient (Wildman–Crippen LogP) is 1.75. The van der Waals surface area contributed by atoms with Gasteiger partial charge in [0.15, 0.2) is 0 Å². The summed E-state index contributed by atoms with van der Waals surface area (Å²) in [7, 11) is -1.51. The summed E-state index contributed by atoms with van der Waals surface area (Å²) in [6.45, 7) is 2.16. The van der Waals surface area contributed by atoms with E-state index in [1.807, 2.05) is 0 Å². The van der Waals surface area contributed by atoms with E-state index in [-0.39, 0.29) is 0 Å². The molecule has 0 aliphatic heterocycles. The van der Waals surface area contributed by atoms with Crippen molar-refractivity contribution in [3.8, 4) is 0 Å². The molecule has 0 amide bonds. The van der Waals surface area contributed by atoms with Crippen LogP contribution in [0, 0.1) is 11.8 Å². The molecule has 0 spiro atoms. The monoisotopic (exact) mass is 219 g/mol. The smallest absolute Gasteiger partial charge is 0.211 e. The summed E-state index contributed by atoms with van der Waals surface area (Å²) in [6.07, 6.45) is 5.87. The number of hydrogen-bond acceptors (Lipinski definition) is 2. The van der Waals surface area contributed by atoms with Gasteiger partial charge in [-0.05, 0) is 25.3 Å². The van der Waals surface area contributed by atoms with Crippen LogP contribution < -0.4 is 4.72 Å². The van der Waals surface area contributed by atoms with Crippen molar-refractivity contribution in [3.05, 3.63) is 0 Å². The average Bonchev–Trinajstić information content (AvgIpc) is 2.18. The predicted molar refractivity (Wildman–Crippen MR) is 58.6 cm³/mol. The lowest BCUT2D eigenvalue weighted by atomic mass is 9.79. The molecule has 0 aromatic heterocycles. The van der Waals surface area contributed by atoms with Crippen LogP contribution in [0.15, 0.2) is 0 Å². The molecular formula is C10H21NO2S. The minimum atomic E-state index is -3.01. The third kappa shape index (κ3) is 3.24. The van der Waals surface area contributed by atoms with Gasteiger partial charge in [0.25, 0.3) is 0 Å². The maximum Gasteiger partial charge on any atom is 0.211 e. The Bertz CT molecular complexity index is 261. The van der Waals surface area contributed by atoms with E-state index in [1.54, 1.807) is 0 Å². The van der Waals surface area contributed by atoms with Gasteiger partial charge in [-0.25, -0.2) is 13.1 Å². The Morgan fingerprint density at radius 3 is 2.29 bits per heavy atom. The normalized spacial score (nSPS) is 29.0. The molecule has 2 atom stereocenters. The van der Waals surface area contributed by atoms with Gasteiger partial charge in [-0.2, -0.15) is 0 Å². The van der Waals surface area contributed by atoms with Crippen LogP contribution in [0.1, 0.15) is 39.0 Å². The van der Waals surface area contributed by atoms with Gasteiger partial charge in [0.1, 0.15) is 0 Å². The van der Waals surface area contributed by atoms with Crippen LogP contribution in [0.2, 0.25) is 0 Å². The first kappa shape index (κ1) is 12.0. The Kier molecular flexibility index (Phi) is 4.38. The number of rotatable bonds is 4. The molecule has 0 saturated heterocycles. The first-order valence-electron chi connectivity index (χ1n) is 5.50. The van der Waals surface area contributed by atoms with E-state index in [9.17, 15) is 8.42 Å². The highest BCUT2D eigenvalue weighted by molar-refractivity contribution is 7.89. The number of hydrogen-bond donors (Lipinski definition) is 1. The average molecular weight is 219 g/mol. The third-order valence-corrected chi connectivity index (χ3v) is 4.82. The SMILES string of the molecule is CCC1CCCCC1CS(=O)(=O)NC. The first-order chi connectivity index (χ1) is 6.59. The zero-order chi connectivity index (χ0) is 10.6. The van der Waals surface area contributed by atoms with Crippen molar-refractivity contribution in [1.82, 2.24) is 4.72 Å². The Labute approximate surface area is 87.3 Å². The number of sulfonamides is 1. The minimum Gasteiger partial charge on any atom is -0.218 e. The quantitative estimate of drug-likeness (QED) is 0.783. The van der Waals surface area contributed by atoms with Gasteiger partial charge in [-0.1, -0.05) is 32.6 Å². The zero-order valence-electron chi connectivity index (χ0n) is 9.12. The Morgan fingerprint density at radius 2 is 1.79 bits per heavy atom. The Hall–Kier alpha value is -0.0900. The summed E-state index contributed by atoms with van der Waals surface area (Å²) >= 11 is 0. The van der Waals surface area contributed by atoms with Gasteiger partial charge >= 0.3 is 0 Å². The summed E-state index contributed by atoms with van der Waals surface area (Å²) in [6, 6.07) is 0. The first-order valence-corrected chi connectivity index (χ1v) is 7.15. The minimum absolute atomic E-state index is 0.321. The standard InChI is InChI=1S/C10H21NO2S/c1-3-9-6-4-5-7-10(9)8-14(12,13)11-2/h9-11H,3-8H2,1-2H3. The molecular weight excluding hydrogens is 198 g/mol. The highest BCUT2D eigenvalue weighted by Crippen LogP contribution is 2.32. The molecule has 84 valence electrons. The lowest BCUT2D eigenvalue weighted by molar-refractivity contribution is 0.251. The summed E-state index contributed by atoms with van der Waals surface area (Å²) in [5.74, 6) is 1.32. The lowest BCUT2D eigenvalue weighted by Gasteiger charge is -2.30. The van der Waals surface area contributed by atoms with Crippen molar-refractivity contribution < 1.29 is 8.42 Å². The molecule has 0 heterocycles. The van der Waals surface area contributed by atoms with Crippen LogP contribution >= 0.6 is 0 Å². The summed E-state index contributed by atoms with van der Waals surface area (Å²) in [5, 5.41) is 0. The largest absolute Gasteiger partial charge is 0.218 e. The second-order valence-electron chi connectivity index (χ2n) is 4.20. The highest BCUT2D eigenvalue weighted by atomic mass is 32.2. The van der Waals surface area contributed by atoms with Crippen molar-refractivity contribution in [3.63, 3.8) is 0 Å². The second-order valence-corrected chi connectivity index (χ2v) is 6.17. The van der Waals surface area contributed by atoms with E-state index < -0.39 is 10.0 Å². The van der Waals surface area contributed by atoms with E-state index in [0.29, 0.717) is 17.6 Å². The molecule has 1 rings (SSSR count). The summed E-state index contributed by atoms with van der Waals surface area (Å²) in [5.41, 5.74) is 0. The van der Waals surface area contributed by atoms with E-state index >= 15 is 0 Å². The van der Waals surface area contributed by atoms with Crippen LogP contribution in [0.25, 0.3) is 0 Å². The van der Waals surface area contributed by atoms with Crippen LogP contribution in [0.5, 0.6) is 0 Å². The van der Waals surface area contributed by atoms with E-state index in [4.69, 9.17) is 0 Å². The van der Waals surface area contributed by atoms with Gasteiger partial charge in [0.2, 0.25) is 10.0 Å². The fraction of sp³-hybridized carbons (Fsp3) is 1.00. The fourth-order valence-electron chi connectivity index (χ4n) is 2.41.